The third-order valence-electron chi connectivity index (χ3n) is 5.82. The summed E-state index contributed by atoms with van der Waals surface area (Å²) in [6, 6.07) is 4.67. The largest absolute Gasteiger partial charge is 1.00 e. The van der Waals surface area contributed by atoms with Gasteiger partial charge >= 0.3 is 152 Å². The van der Waals surface area contributed by atoms with Crippen molar-refractivity contribution in [3.8, 4) is 0 Å². The van der Waals surface area contributed by atoms with Crippen LogP contribution in [0.3, 0.4) is 0 Å². The average Bonchev–Trinajstić information content (AvgIpc) is 3.12. The van der Waals surface area contributed by atoms with Crippen molar-refractivity contribution in [2.24, 2.45) is 7.05 Å². The molecule has 172 valence electrons. The first-order chi connectivity index (χ1) is 14.3. The Morgan fingerprint density at radius 1 is 0.767 bits per heavy atom. The Hall–Kier alpha value is 0.359. The second kappa shape index (κ2) is 18.9. The molecule has 0 radical (unpaired) electrons. The fourth-order valence-electron chi connectivity index (χ4n) is 3.95. The minimum atomic E-state index is 0. The van der Waals surface area contributed by atoms with E-state index in [4.69, 9.17) is 0 Å². The van der Waals surface area contributed by atoms with Gasteiger partial charge in [-0.3, -0.25) is 0 Å². The number of halogens is 1. The number of rotatable bonds is 18. The summed E-state index contributed by atoms with van der Waals surface area (Å²) in [5.41, 5.74) is 0. The van der Waals surface area contributed by atoms with E-state index in [1.54, 1.807) is 3.78 Å². The molecule has 2 heterocycles. The second-order valence-corrected chi connectivity index (χ2v) is 12.7. The molecule has 2 aromatic rings. The van der Waals surface area contributed by atoms with Crippen molar-refractivity contribution in [2.75, 3.05) is 0 Å². The van der Waals surface area contributed by atoms with E-state index in [2.05, 4.69) is 43.1 Å². The van der Waals surface area contributed by atoms with Crippen LogP contribution in [0.5, 0.6) is 0 Å². The summed E-state index contributed by atoms with van der Waals surface area (Å²) >= 11 is 2.69. The van der Waals surface area contributed by atoms with E-state index in [0.29, 0.717) is 15.0 Å². The summed E-state index contributed by atoms with van der Waals surface area (Å²) in [6.07, 6.45) is 27.7. The Morgan fingerprint density at radius 2 is 1.27 bits per heavy atom. The van der Waals surface area contributed by atoms with Gasteiger partial charge in [-0.2, -0.15) is 0 Å². The molecule has 0 aliphatic heterocycles. The first-order valence-corrected chi connectivity index (χ1v) is 15.2. The molecule has 1 nitrogen and oxygen atoms in total. The van der Waals surface area contributed by atoms with Crippen LogP contribution < -0.4 is 32.3 Å². The van der Waals surface area contributed by atoms with Crippen molar-refractivity contribution in [3.63, 3.8) is 0 Å². The summed E-state index contributed by atoms with van der Waals surface area (Å²) in [5.74, 6) is 0. The van der Waals surface area contributed by atoms with Crippen LogP contribution in [0.1, 0.15) is 110 Å². The van der Waals surface area contributed by atoms with Gasteiger partial charge in [0.05, 0.1) is 0 Å². The predicted octanol–water partition coefficient (Wildman–Crippen LogP) is 4.74. The summed E-state index contributed by atoms with van der Waals surface area (Å²) < 4.78 is 5.23. The van der Waals surface area contributed by atoms with Gasteiger partial charge in [0.25, 0.3) is 0 Å². The predicted molar refractivity (Wildman–Crippen MR) is 133 cm³/mol. The van der Waals surface area contributed by atoms with Gasteiger partial charge in [0, 0.05) is 0 Å². The zero-order valence-corrected chi connectivity index (χ0v) is 24.2. The van der Waals surface area contributed by atoms with Crippen LogP contribution in [0.15, 0.2) is 24.5 Å². The Morgan fingerprint density at radius 3 is 1.80 bits per heavy atom. The van der Waals surface area contributed by atoms with Gasteiger partial charge in [0.2, 0.25) is 0 Å². The molecule has 0 saturated heterocycles. The van der Waals surface area contributed by atoms with Crippen LogP contribution in [0.25, 0.3) is 10.1 Å². The molecule has 0 aliphatic rings. The third-order valence-corrected chi connectivity index (χ3v) is 9.72. The van der Waals surface area contributed by atoms with E-state index in [1.165, 1.54) is 118 Å². The number of thiophene rings is 1. The Labute approximate surface area is 214 Å². The van der Waals surface area contributed by atoms with E-state index >= 15 is 0 Å². The molecule has 2 rings (SSSR count). The minimum absolute atomic E-state index is 0. The monoisotopic (exact) mass is 609 g/mol. The number of pyridine rings is 1. The van der Waals surface area contributed by atoms with Gasteiger partial charge in [-0.05, 0) is 0 Å². The molecule has 0 amide bonds. The summed E-state index contributed by atoms with van der Waals surface area (Å²) in [6.45, 7) is 2.30. The van der Waals surface area contributed by atoms with E-state index < -0.39 is 0 Å². The molecule has 0 aromatic carbocycles. The maximum atomic E-state index is 2.42. The average molecular weight is 609 g/mol. The van der Waals surface area contributed by atoms with Gasteiger partial charge in [0.15, 0.2) is 0 Å². The van der Waals surface area contributed by atoms with Crippen LogP contribution in [0.4, 0.5) is 0 Å². The van der Waals surface area contributed by atoms with Gasteiger partial charge in [-0.15, -0.1) is 0 Å². The topological polar surface area (TPSA) is 3.88 Å². The van der Waals surface area contributed by atoms with Gasteiger partial charge in [-0.1, -0.05) is 39.0 Å². The maximum Gasteiger partial charge on any atom is -1.00 e. The second-order valence-electron chi connectivity index (χ2n) is 8.65. The fourth-order valence-corrected chi connectivity index (χ4v) is 7.83. The van der Waals surface area contributed by atoms with Crippen molar-refractivity contribution in [1.82, 2.24) is 0 Å². The molecular formula is C26H44INSSe. The summed E-state index contributed by atoms with van der Waals surface area (Å²) in [7, 11) is 2.11. The van der Waals surface area contributed by atoms with Crippen LogP contribution in [0, 0.1) is 0 Å². The quantitative estimate of drug-likeness (QED) is 0.0998. The third kappa shape index (κ3) is 13.0. The SMILES string of the molecule is CCCCCCCCCCCCCCCCCC[Se]c1cc2cc[n+](C)cc2s1.[I-]. The number of aryl methyl sites for hydroxylation is 1. The molecule has 30 heavy (non-hydrogen) atoms. The normalized spacial score (nSPS) is 11.1. The number of nitrogens with zero attached hydrogens (tertiary/aromatic N) is 1. The summed E-state index contributed by atoms with van der Waals surface area (Å²) in [5, 5.41) is 2.85. The molecule has 2 aromatic heterocycles. The smallest absolute Gasteiger partial charge is 1.00 e. The van der Waals surface area contributed by atoms with E-state index in [0.717, 1.165) is 0 Å². The van der Waals surface area contributed by atoms with Crippen molar-refractivity contribution >= 4 is 40.2 Å². The molecule has 0 spiro atoms. The number of unbranched alkanes of at least 4 members (excludes halogenated alkanes) is 15. The Kier molecular flexibility index (Phi) is 17.9. The van der Waals surface area contributed by atoms with Crippen LogP contribution >= 0.6 is 11.3 Å². The van der Waals surface area contributed by atoms with Gasteiger partial charge in [-0.25, -0.2) is 0 Å². The maximum absolute atomic E-state index is 2.42. The number of hydrogen-bond donors (Lipinski definition) is 0. The van der Waals surface area contributed by atoms with Crippen molar-refractivity contribution in [2.45, 2.75) is 115 Å². The standard InChI is InChI=1S/C26H44NSSe.HI/c1-3-4-5-6-7-8-9-10-11-12-13-14-15-16-17-18-21-29-26-22-24-19-20-27(2)23-25(24)28-26;/h19-20,22-23H,3-18,21H2,1-2H3;1H/q+1;/p-1. The number of aromatic nitrogens is 1. The van der Waals surface area contributed by atoms with Gasteiger partial charge < -0.3 is 24.0 Å². The molecule has 0 bridgehead atoms. The fraction of sp³-hybridized carbons (Fsp3) is 0.731. The summed E-state index contributed by atoms with van der Waals surface area (Å²) in [4.78, 5) is 0. The van der Waals surface area contributed by atoms with Crippen LogP contribution in [0.2, 0.25) is 5.32 Å². The first kappa shape index (κ1) is 28.4. The van der Waals surface area contributed by atoms with Crippen LogP contribution in [-0.2, 0) is 7.05 Å². The van der Waals surface area contributed by atoms with Crippen molar-refractivity contribution < 1.29 is 28.5 Å². The number of hydrogen-bond acceptors (Lipinski definition) is 1. The molecule has 0 saturated carbocycles. The van der Waals surface area contributed by atoms with E-state index in [1.807, 2.05) is 11.3 Å². The molecule has 0 atom stereocenters. The van der Waals surface area contributed by atoms with Crippen molar-refractivity contribution in [3.05, 3.63) is 24.5 Å². The molecule has 0 fully saturated rings. The number of fused-ring (bicyclic) bond motifs is 1. The zero-order chi connectivity index (χ0) is 20.6. The Bertz CT molecular complexity index is 658. The molecule has 0 aliphatic carbocycles. The Balaban J connectivity index is 0.00000450. The molecular weight excluding hydrogens is 564 g/mol. The molecule has 0 unspecified atom stereocenters. The zero-order valence-electron chi connectivity index (χ0n) is 19.5. The molecule has 4 heteroatoms. The van der Waals surface area contributed by atoms with E-state index in [-0.39, 0.29) is 24.0 Å². The van der Waals surface area contributed by atoms with Crippen molar-refractivity contribution in [1.29, 1.82) is 0 Å². The van der Waals surface area contributed by atoms with Crippen LogP contribution in [-0.4, -0.2) is 15.0 Å². The molecule has 0 N–H and O–H groups in total. The van der Waals surface area contributed by atoms with Gasteiger partial charge in [0.1, 0.15) is 0 Å². The minimum Gasteiger partial charge on any atom is -1.00 e. The first-order valence-electron chi connectivity index (χ1n) is 12.3. The van der Waals surface area contributed by atoms with E-state index in [9.17, 15) is 0 Å².